The molecule has 0 saturated carbocycles. The van der Waals surface area contributed by atoms with Crippen LogP contribution in [0.4, 0.5) is 0 Å². The lowest BCUT2D eigenvalue weighted by atomic mass is 9.81. The Hall–Kier alpha value is -0.530. The van der Waals surface area contributed by atoms with Crippen molar-refractivity contribution in [3.8, 4) is 0 Å². The summed E-state index contributed by atoms with van der Waals surface area (Å²) in [4.78, 5) is 13.2. The maximum absolute atomic E-state index is 11.2. The number of likely N-dealkylation sites (tertiary alicyclic amines) is 1. The Balaban J connectivity index is 2.44. The van der Waals surface area contributed by atoms with Crippen LogP contribution in [-0.2, 0) is 4.79 Å². The van der Waals surface area contributed by atoms with Crippen LogP contribution in [-0.4, -0.2) is 23.9 Å². The topological polar surface area (TPSA) is 20.3 Å². The van der Waals surface area contributed by atoms with Gasteiger partial charge in [-0.05, 0) is 30.6 Å². The van der Waals surface area contributed by atoms with Gasteiger partial charge < -0.3 is 4.90 Å². The van der Waals surface area contributed by atoms with E-state index in [0.29, 0.717) is 11.3 Å². The minimum atomic E-state index is 0.239. The molecule has 1 atom stereocenters. The van der Waals surface area contributed by atoms with Gasteiger partial charge in [-0.2, -0.15) is 0 Å². The van der Waals surface area contributed by atoms with E-state index < -0.39 is 0 Å². The van der Waals surface area contributed by atoms with Gasteiger partial charge in [-0.3, -0.25) is 4.79 Å². The van der Waals surface area contributed by atoms with Crippen molar-refractivity contribution in [3.63, 3.8) is 0 Å². The van der Waals surface area contributed by atoms with Crippen molar-refractivity contribution < 1.29 is 4.79 Å². The van der Waals surface area contributed by atoms with Crippen molar-refractivity contribution in [1.82, 2.24) is 4.90 Å². The Bertz CT molecular complexity index is 205. The molecule has 1 rings (SSSR count). The highest BCUT2D eigenvalue weighted by molar-refractivity contribution is 5.73. The first-order valence-corrected chi connectivity index (χ1v) is 5.64. The highest BCUT2D eigenvalue weighted by Crippen LogP contribution is 2.29. The van der Waals surface area contributed by atoms with Gasteiger partial charge >= 0.3 is 0 Å². The fourth-order valence-electron chi connectivity index (χ4n) is 2.38. The monoisotopic (exact) mass is 197 g/mol. The third-order valence-electron chi connectivity index (χ3n) is 2.87. The molecule has 1 fully saturated rings. The Morgan fingerprint density at radius 3 is 2.57 bits per heavy atom. The van der Waals surface area contributed by atoms with Crippen LogP contribution in [0.1, 0.15) is 47.0 Å². The molecule has 1 saturated heterocycles. The summed E-state index contributed by atoms with van der Waals surface area (Å²) in [6.45, 7) is 10.5. The van der Waals surface area contributed by atoms with Gasteiger partial charge in [-0.1, -0.05) is 20.8 Å². The zero-order chi connectivity index (χ0) is 10.8. The van der Waals surface area contributed by atoms with Crippen molar-refractivity contribution in [3.05, 3.63) is 0 Å². The molecule has 1 aliphatic heterocycles. The van der Waals surface area contributed by atoms with E-state index in [2.05, 4.69) is 20.8 Å². The van der Waals surface area contributed by atoms with Crippen molar-refractivity contribution >= 4 is 5.91 Å². The van der Waals surface area contributed by atoms with Crippen LogP contribution in [0.5, 0.6) is 0 Å². The lowest BCUT2D eigenvalue weighted by Crippen LogP contribution is -2.39. The minimum Gasteiger partial charge on any atom is -0.343 e. The molecular weight excluding hydrogens is 174 g/mol. The predicted molar refractivity (Wildman–Crippen MR) is 59.1 cm³/mol. The molecule has 0 aromatic heterocycles. The smallest absolute Gasteiger partial charge is 0.219 e. The summed E-state index contributed by atoms with van der Waals surface area (Å²) in [5.41, 5.74) is 0.393. The van der Waals surface area contributed by atoms with Gasteiger partial charge in [0, 0.05) is 20.0 Å². The van der Waals surface area contributed by atoms with Crippen molar-refractivity contribution in [2.75, 3.05) is 13.1 Å². The fraction of sp³-hybridized carbons (Fsp3) is 0.917. The van der Waals surface area contributed by atoms with Crippen LogP contribution in [0.25, 0.3) is 0 Å². The molecular formula is C12H23NO. The van der Waals surface area contributed by atoms with Crippen molar-refractivity contribution in [2.24, 2.45) is 11.3 Å². The van der Waals surface area contributed by atoms with E-state index >= 15 is 0 Å². The lowest BCUT2D eigenvalue weighted by Gasteiger charge is -2.35. The summed E-state index contributed by atoms with van der Waals surface area (Å²) in [5, 5.41) is 0. The summed E-state index contributed by atoms with van der Waals surface area (Å²) < 4.78 is 0. The van der Waals surface area contributed by atoms with Gasteiger partial charge in [0.25, 0.3) is 0 Å². The standard InChI is InChI=1S/C12H23NO/c1-10(14)13-7-5-6-11(9-13)8-12(2,3)4/h11H,5-9H2,1-4H3/t11-/m1/s1. The second-order valence-corrected chi connectivity index (χ2v) is 5.74. The number of hydrogen-bond donors (Lipinski definition) is 0. The average Bonchev–Trinajstić information content (AvgIpc) is 2.01. The molecule has 0 N–H and O–H groups in total. The lowest BCUT2D eigenvalue weighted by molar-refractivity contribution is -0.130. The van der Waals surface area contributed by atoms with Gasteiger partial charge in [0.1, 0.15) is 0 Å². The van der Waals surface area contributed by atoms with Gasteiger partial charge in [0.2, 0.25) is 5.91 Å². The first-order valence-electron chi connectivity index (χ1n) is 5.64. The molecule has 2 heteroatoms. The Morgan fingerprint density at radius 1 is 1.43 bits per heavy atom. The van der Waals surface area contributed by atoms with Crippen LogP contribution < -0.4 is 0 Å². The third kappa shape index (κ3) is 3.69. The zero-order valence-electron chi connectivity index (χ0n) is 9.97. The number of piperidine rings is 1. The molecule has 0 radical (unpaired) electrons. The SMILES string of the molecule is CC(=O)N1CCC[C@H](CC(C)(C)C)C1. The number of nitrogens with zero attached hydrogens (tertiary/aromatic N) is 1. The minimum absolute atomic E-state index is 0.239. The van der Waals surface area contributed by atoms with E-state index in [-0.39, 0.29) is 5.91 Å². The van der Waals surface area contributed by atoms with E-state index in [0.717, 1.165) is 13.1 Å². The molecule has 0 unspecified atom stereocenters. The number of amides is 1. The van der Waals surface area contributed by atoms with Gasteiger partial charge in [0.15, 0.2) is 0 Å². The Labute approximate surface area is 87.7 Å². The number of carbonyl (C=O) groups is 1. The van der Waals surface area contributed by atoms with E-state index in [9.17, 15) is 4.79 Å². The van der Waals surface area contributed by atoms with Crippen LogP contribution in [0.3, 0.4) is 0 Å². The molecule has 82 valence electrons. The fourth-order valence-corrected chi connectivity index (χ4v) is 2.38. The summed E-state index contributed by atoms with van der Waals surface area (Å²) >= 11 is 0. The largest absolute Gasteiger partial charge is 0.343 e. The molecule has 1 aliphatic rings. The van der Waals surface area contributed by atoms with Crippen LogP contribution in [0.2, 0.25) is 0 Å². The molecule has 0 aromatic rings. The Kier molecular flexibility index (Phi) is 3.57. The normalized spacial score (nSPS) is 23.7. The van der Waals surface area contributed by atoms with E-state index in [4.69, 9.17) is 0 Å². The maximum Gasteiger partial charge on any atom is 0.219 e. The van der Waals surface area contributed by atoms with E-state index in [1.54, 1.807) is 6.92 Å². The van der Waals surface area contributed by atoms with Crippen LogP contribution in [0.15, 0.2) is 0 Å². The second kappa shape index (κ2) is 4.33. The van der Waals surface area contributed by atoms with E-state index in [1.807, 2.05) is 4.90 Å². The molecule has 0 spiro atoms. The van der Waals surface area contributed by atoms with Crippen molar-refractivity contribution in [2.45, 2.75) is 47.0 Å². The first kappa shape index (κ1) is 11.5. The zero-order valence-corrected chi connectivity index (χ0v) is 9.97. The summed E-state index contributed by atoms with van der Waals surface area (Å²) in [5.74, 6) is 0.955. The molecule has 2 nitrogen and oxygen atoms in total. The predicted octanol–water partition coefficient (Wildman–Crippen LogP) is 2.68. The summed E-state index contributed by atoms with van der Waals surface area (Å²) in [6.07, 6.45) is 3.71. The number of carbonyl (C=O) groups excluding carboxylic acids is 1. The highest BCUT2D eigenvalue weighted by atomic mass is 16.2. The molecule has 1 heterocycles. The summed E-state index contributed by atoms with van der Waals surface area (Å²) in [7, 11) is 0. The van der Waals surface area contributed by atoms with Gasteiger partial charge in [-0.25, -0.2) is 0 Å². The third-order valence-corrected chi connectivity index (χ3v) is 2.87. The highest BCUT2D eigenvalue weighted by Gasteiger charge is 2.25. The van der Waals surface area contributed by atoms with E-state index in [1.165, 1.54) is 19.3 Å². The molecule has 0 aromatic carbocycles. The van der Waals surface area contributed by atoms with Crippen molar-refractivity contribution in [1.29, 1.82) is 0 Å². The average molecular weight is 197 g/mol. The van der Waals surface area contributed by atoms with Gasteiger partial charge in [-0.15, -0.1) is 0 Å². The second-order valence-electron chi connectivity index (χ2n) is 5.74. The molecule has 0 bridgehead atoms. The Morgan fingerprint density at radius 2 is 2.07 bits per heavy atom. The van der Waals surface area contributed by atoms with Crippen LogP contribution >= 0.6 is 0 Å². The number of hydrogen-bond acceptors (Lipinski definition) is 1. The summed E-state index contributed by atoms with van der Waals surface area (Å²) in [6, 6.07) is 0. The van der Waals surface area contributed by atoms with Crippen LogP contribution in [0, 0.1) is 11.3 Å². The first-order chi connectivity index (χ1) is 6.38. The molecule has 14 heavy (non-hydrogen) atoms. The maximum atomic E-state index is 11.2. The molecule has 1 amide bonds. The molecule has 0 aliphatic carbocycles. The number of rotatable bonds is 1. The quantitative estimate of drug-likeness (QED) is 0.633. The van der Waals surface area contributed by atoms with Gasteiger partial charge in [0.05, 0.1) is 0 Å².